The van der Waals surface area contributed by atoms with Gasteiger partial charge in [0.15, 0.2) is 16.7 Å². The van der Waals surface area contributed by atoms with Crippen molar-refractivity contribution < 1.29 is 9.13 Å². The van der Waals surface area contributed by atoms with E-state index < -0.39 is 11.4 Å². The summed E-state index contributed by atoms with van der Waals surface area (Å²) in [6.07, 6.45) is 1.74. The van der Waals surface area contributed by atoms with Crippen molar-refractivity contribution in [3.05, 3.63) is 74.8 Å². The second kappa shape index (κ2) is 8.25. The number of nitriles is 1. The summed E-state index contributed by atoms with van der Waals surface area (Å²) >= 11 is 7.14. The second-order valence-corrected chi connectivity index (χ2v) is 6.71. The largest absolute Gasteiger partial charge is 0.486 e. The molecular formula is C19H13ClFN3O2S. The van der Waals surface area contributed by atoms with E-state index in [-0.39, 0.29) is 23.6 Å². The first-order valence-corrected chi connectivity index (χ1v) is 9.37. The normalized spacial score (nSPS) is 10.4. The van der Waals surface area contributed by atoms with E-state index >= 15 is 0 Å². The van der Waals surface area contributed by atoms with E-state index in [0.717, 1.165) is 5.56 Å². The minimum Gasteiger partial charge on any atom is -0.486 e. The standard InChI is InChI=1S/C19H13ClFN3O2S/c1-27-19-23-17(14(9-22)18(25)24-19)12-5-6-16(15(21)8-12)26-10-11-3-2-4-13(20)7-11/h2-8H,10H2,1H3,(H,23,24,25). The fourth-order valence-corrected chi connectivity index (χ4v) is 3.01. The molecule has 1 N–H and O–H groups in total. The lowest BCUT2D eigenvalue weighted by atomic mass is 10.1. The highest BCUT2D eigenvalue weighted by Gasteiger charge is 2.15. The fraction of sp³-hybridized carbons (Fsp3) is 0.105. The summed E-state index contributed by atoms with van der Waals surface area (Å²) in [5.41, 5.74) is 0.526. The van der Waals surface area contributed by atoms with Crippen LogP contribution in [0.1, 0.15) is 11.1 Å². The van der Waals surface area contributed by atoms with E-state index in [9.17, 15) is 14.4 Å². The first-order chi connectivity index (χ1) is 13.0. The number of hydrogen-bond donors (Lipinski definition) is 1. The molecule has 0 fully saturated rings. The molecule has 0 atom stereocenters. The van der Waals surface area contributed by atoms with Gasteiger partial charge in [-0.2, -0.15) is 5.26 Å². The summed E-state index contributed by atoms with van der Waals surface area (Å²) in [6, 6.07) is 13.1. The maximum atomic E-state index is 14.5. The van der Waals surface area contributed by atoms with Gasteiger partial charge >= 0.3 is 0 Å². The molecule has 0 aliphatic carbocycles. The molecule has 0 spiro atoms. The fourth-order valence-electron chi connectivity index (χ4n) is 2.41. The zero-order valence-corrected chi connectivity index (χ0v) is 15.7. The van der Waals surface area contributed by atoms with Crippen molar-refractivity contribution in [3.8, 4) is 23.1 Å². The highest BCUT2D eigenvalue weighted by molar-refractivity contribution is 7.98. The first kappa shape index (κ1) is 19.0. The molecule has 0 aliphatic heterocycles. The molecule has 3 aromatic rings. The zero-order valence-electron chi connectivity index (χ0n) is 14.1. The number of aromatic nitrogens is 2. The average molecular weight is 402 g/mol. The third-order valence-corrected chi connectivity index (χ3v) is 4.51. The van der Waals surface area contributed by atoms with Crippen LogP contribution in [0.2, 0.25) is 5.02 Å². The Labute approximate surface area is 163 Å². The summed E-state index contributed by atoms with van der Waals surface area (Å²) < 4.78 is 20.0. The molecule has 3 rings (SSSR count). The average Bonchev–Trinajstić information content (AvgIpc) is 2.66. The van der Waals surface area contributed by atoms with Crippen LogP contribution < -0.4 is 10.3 Å². The predicted molar refractivity (Wildman–Crippen MR) is 103 cm³/mol. The van der Waals surface area contributed by atoms with E-state index in [1.807, 2.05) is 12.1 Å². The molecule has 0 bridgehead atoms. The number of nitrogens with zero attached hydrogens (tertiary/aromatic N) is 2. The minimum atomic E-state index is -0.619. The topological polar surface area (TPSA) is 78.8 Å². The Morgan fingerprint density at radius 1 is 1.33 bits per heavy atom. The van der Waals surface area contributed by atoms with Crippen LogP contribution >= 0.6 is 23.4 Å². The van der Waals surface area contributed by atoms with Gasteiger partial charge in [0.25, 0.3) is 5.56 Å². The molecule has 1 heterocycles. The molecule has 0 saturated carbocycles. The number of ether oxygens (including phenoxy) is 1. The van der Waals surface area contributed by atoms with Gasteiger partial charge in [-0.05, 0) is 42.2 Å². The summed E-state index contributed by atoms with van der Waals surface area (Å²) in [5, 5.41) is 10.1. The molecule has 8 heteroatoms. The monoisotopic (exact) mass is 401 g/mol. The molecule has 136 valence electrons. The van der Waals surface area contributed by atoms with Crippen LogP contribution in [-0.2, 0) is 6.61 Å². The number of H-pyrrole nitrogens is 1. The summed E-state index contributed by atoms with van der Waals surface area (Å²) in [7, 11) is 0. The molecule has 0 unspecified atom stereocenters. The molecule has 1 aromatic heterocycles. The first-order valence-electron chi connectivity index (χ1n) is 7.77. The van der Waals surface area contributed by atoms with E-state index in [4.69, 9.17) is 16.3 Å². The number of nitrogens with one attached hydrogen (secondary N) is 1. The van der Waals surface area contributed by atoms with Gasteiger partial charge in [-0.3, -0.25) is 4.79 Å². The Kier molecular flexibility index (Phi) is 5.79. The van der Waals surface area contributed by atoms with E-state index in [1.165, 1.54) is 23.9 Å². The maximum Gasteiger partial charge on any atom is 0.270 e. The lowest BCUT2D eigenvalue weighted by Crippen LogP contribution is -2.14. The number of rotatable bonds is 5. The molecule has 0 amide bonds. The Balaban J connectivity index is 1.90. The van der Waals surface area contributed by atoms with E-state index in [0.29, 0.717) is 15.7 Å². The Morgan fingerprint density at radius 2 is 2.15 bits per heavy atom. The van der Waals surface area contributed by atoms with Crippen molar-refractivity contribution in [2.45, 2.75) is 11.8 Å². The van der Waals surface area contributed by atoms with Crippen molar-refractivity contribution in [1.82, 2.24) is 9.97 Å². The highest BCUT2D eigenvalue weighted by Crippen LogP contribution is 2.27. The Bertz CT molecular complexity index is 1100. The molecule has 5 nitrogen and oxygen atoms in total. The molecular weight excluding hydrogens is 389 g/mol. The van der Waals surface area contributed by atoms with Gasteiger partial charge in [0, 0.05) is 10.6 Å². The van der Waals surface area contributed by atoms with Crippen LogP contribution in [0.15, 0.2) is 52.4 Å². The maximum absolute atomic E-state index is 14.5. The number of thioether (sulfide) groups is 1. The van der Waals surface area contributed by atoms with Crippen molar-refractivity contribution in [1.29, 1.82) is 5.26 Å². The Hall–Kier alpha value is -2.82. The van der Waals surface area contributed by atoms with Crippen LogP contribution in [-0.4, -0.2) is 16.2 Å². The lowest BCUT2D eigenvalue weighted by Gasteiger charge is -2.10. The van der Waals surface area contributed by atoms with Gasteiger partial charge in [-0.1, -0.05) is 35.5 Å². The van der Waals surface area contributed by atoms with Crippen molar-refractivity contribution in [3.63, 3.8) is 0 Å². The second-order valence-electron chi connectivity index (χ2n) is 5.47. The zero-order chi connectivity index (χ0) is 19.4. The summed E-state index contributed by atoms with van der Waals surface area (Å²) in [4.78, 5) is 18.7. The van der Waals surface area contributed by atoms with E-state index in [2.05, 4.69) is 9.97 Å². The van der Waals surface area contributed by atoms with Gasteiger partial charge in [0.2, 0.25) is 0 Å². The van der Waals surface area contributed by atoms with Crippen molar-refractivity contribution in [2.24, 2.45) is 0 Å². The molecule has 0 aliphatic rings. The molecule has 2 aromatic carbocycles. The lowest BCUT2D eigenvalue weighted by molar-refractivity contribution is 0.290. The quantitative estimate of drug-likeness (QED) is 0.506. The number of aromatic amines is 1. The summed E-state index contributed by atoms with van der Waals surface area (Å²) in [5.74, 6) is -0.571. The van der Waals surface area contributed by atoms with Gasteiger partial charge in [-0.15, -0.1) is 0 Å². The minimum absolute atomic E-state index is 0.0483. The van der Waals surface area contributed by atoms with E-state index in [1.54, 1.807) is 30.5 Å². The number of hydrogen-bond acceptors (Lipinski definition) is 5. The third-order valence-electron chi connectivity index (χ3n) is 3.69. The van der Waals surface area contributed by atoms with Crippen LogP contribution in [0.5, 0.6) is 5.75 Å². The van der Waals surface area contributed by atoms with Gasteiger partial charge in [0.05, 0.1) is 5.69 Å². The van der Waals surface area contributed by atoms with Gasteiger partial charge in [0.1, 0.15) is 18.2 Å². The highest BCUT2D eigenvalue weighted by atomic mass is 35.5. The SMILES string of the molecule is CSc1nc(-c2ccc(OCc3cccc(Cl)c3)c(F)c2)c(C#N)c(=O)[nH]1. The van der Waals surface area contributed by atoms with Crippen molar-refractivity contribution >= 4 is 23.4 Å². The molecule has 0 saturated heterocycles. The van der Waals surface area contributed by atoms with Crippen LogP contribution in [0.25, 0.3) is 11.3 Å². The third kappa shape index (κ3) is 4.30. The smallest absolute Gasteiger partial charge is 0.270 e. The number of halogens is 2. The predicted octanol–water partition coefficient (Wildman–Crippen LogP) is 4.40. The Morgan fingerprint density at radius 3 is 2.81 bits per heavy atom. The molecule has 0 radical (unpaired) electrons. The van der Waals surface area contributed by atoms with Crippen molar-refractivity contribution in [2.75, 3.05) is 6.26 Å². The molecule has 27 heavy (non-hydrogen) atoms. The summed E-state index contributed by atoms with van der Waals surface area (Å²) in [6.45, 7) is 0.153. The van der Waals surface area contributed by atoms with Gasteiger partial charge < -0.3 is 9.72 Å². The van der Waals surface area contributed by atoms with Crippen LogP contribution in [0.4, 0.5) is 4.39 Å². The van der Waals surface area contributed by atoms with Crippen LogP contribution in [0.3, 0.4) is 0 Å². The number of benzene rings is 2. The van der Waals surface area contributed by atoms with Crippen LogP contribution in [0, 0.1) is 17.1 Å². The van der Waals surface area contributed by atoms with Gasteiger partial charge in [-0.25, -0.2) is 9.37 Å².